The number of benzene rings is 2. The number of imidazole rings is 1. The van der Waals surface area contributed by atoms with Crippen molar-refractivity contribution in [3.63, 3.8) is 0 Å². The van der Waals surface area contributed by atoms with E-state index in [0.717, 1.165) is 54.4 Å². The maximum Gasteiger partial charge on any atom is 0.291 e. The van der Waals surface area contributed by atoms with Gasteiger partial charge < -0.3 is 25.0 Å². The highest BCUT2D eigenvalue weighted by molar-refractivity contribution is 7.13. The van der Waals surface area contributed by atoms with Crippen molar-refractivity contribution in [1.29, 1.82) is 5.26 Å². The molecule has 2 amide bonds. The summed E-state index contributed by atoms with van der Waals surface area (Å²) < 4.78 is 1.83. The fourth-order valence-corrected chi connectivity index (χ4v) is 6.83. The van der Waals surface area contributed by atoms with Crippen LogP contribution >= 0.6 is 22.9 Å². The maximum atomic E-state index is 13.3. The number of carbonyl (C=O) groups excluding carboxylic acids is 2. The average Bonchev–Trinajstić information content (AvgIpc) is 3.54. The normalized spacial score (nSPS) is 15.0. The van der Waals surface area contributed by atoms with Crippen LogP contribution in [0.4, 0.5) is 11.4 Å². The number of halogens is 1. The maximum absolute atomic E-state index is 13.3. The van der Waals surface area contributed by atoms with Crippen molar-refractivity contribution in [1.82, 2.24) is 24.3 Å². The van der Waals surface area contributed by atoms with Crippen LogP contribution in [-0.2, 0) is 33.0 Å². The van der Waals surface area contributed by atoms with Gasteiger partial charge in [-0.2, -0.15) is 5.26 Å². The molecule has 12 heteroatoms. The minimum absolute atomic E-state index is 0.256. The smallest absolute Gasteiger partial charge is 0.291 e. The fraction of sp³-hybridized carbons (Fsp3) is 0.300. The Morgan fingerprint density at radius 3 is 2.38 bits per heavy atom. The van der Waals surface area contributed by atoms with E-state index >= 15 is 0 Å². The molecule has 0 bridgehead atoms. The number of aromatic nitrogens is 3. The molecule has 10 nitrogen and oxygen atoms in total. The number of rotatable bonds is 5. The quantitative estimate of drug-likeness (QED) is 0.345. The van der Waals surface area contributed by atoms with E-state index in [1.165, 1.54) is 11.3 Å². The van der Waals surface area contributed by atoms with Gasteiger partial charge in [-0.05, 0) is 26.2 Å². The predicted octanol–water partition coefficient (Wildman–Crippen LogP) is 4.55. The number of carbonyl (C=O) groups is 2. The average molecular weight is 601 g/mol. The van der Waals surface area contributed by atoms with Gasteiger partial charge in [0.15, 0.2) is 10.8 Å². The van der Waals surface area contributed by atoms with Gasteiger partial charge in [0.2, 0.25) is 0 Å². The molecule has 2 aliphatic heterocycles. The molecule has 2 aliphatic rings. The number of hydrogen-bond acceptors (Lipinski definition) is 8. The van der Waals surface area contributed by atoms with Crippen molar-refractivity contribution in [3.8, 4) is 17.2 Å². The standard InChI is InChI=1S/C30H29ClN8O2S/c1-37-13-11-24-23(15-37)33-27(39(24)3)28(40)34-20-8-4-6-17(19(20)14-32)18-7-5-9-22(26(18)31)35-29(41)30-36-21-10-12-38(2)16-25(21)42-30/h4-9H,10-13,15-16H2,1-3H3,(H,34,40)(H,35,41). The number of thiazole rings is 1. The van der Waals surface area contributed by atoms with Gasteiger partial charge in [-0.25, -0.2) is 9.97 Å². The van der Waals surface area contributed by atoms with Crippen molar-refractivity contribution >= 4 is 46.1 Å². The van der Waals surface area contributed by atoms with E-state index in [1.807, 2.05) is 25.7 Å². The second-order valence-electron chi connectivity index (χ2n) is 10.7. The minimum atomic E-state index is -0.396. The summed E-state index contributed by atoms with van der Waals surface area (Å²) in [6.07, 6.45) is 1.63. The highest BCUT2D eigenvalue weighted by Crippen LogP contribution is 2.38. The van der Waals surface area contributed by atoms with Crippen LogP contribution in [0.15, 0.2) is 36.4 Å². The van der Waals surface area contributed by atoms with Gasteiger partial charge in [-0.15, -0.1) is 11.3 Å². The van der Waals surface area contributed by atoms with Crippen molar-refractivity contribution in [2.75, 3.05) is 37.8 Å². The zero-order valence-corrected chi connectivity index (χ0v) is 25.1. The number of hydrogen-bond donors (Lipinski definition) is 2. The zero-order valence-electron chi connectivity index (χ0n) is 23.5. The Bertz CT molecular complexity index is 1770. The van der Waals surface area contributed by atoms with Gasteiger partial charge in [0.1, 0.15) is 6.07 Å². The Labute approximate surface area is 252 Å². The molecule has 214 valence electrons. The van der Waals surface area contributed by atoms with Crippen molar-refractivity contribution in [3.05, 3.63) is 79.8 Å². The first kappa shape index (κ1) is 28.1. The number of likely N-dealkylation sites (N-methyl/N-ethyl adjacent to an activating group) is 2. The zero-order chi connectivity index (χ0) is 29.5. The number of nitrogens with zero attached hydrogens (tertiary/aromatic N) is 6. The van der Waals surface area contributed by atoms with Crippen LogP contribution in [0.5, 0.6) is 0 Å². The Morgan fingerprint density at radius 1 is 0.905 bits per heavy atom. The van der Waals surface area contributed by atoms with E-state index in [2.05, 4.69) is 36.5 Å². The predicted molar refractivity (Wildman–Crippen MR) is 163 cm³/mol. The third-order valence-corrected chi connectivity index (χ3v) is 9.22. The lowest BCUT2D eigenvalue weighted by Gasteiger charge is -2.21. The van der Waals surface area contributed by atoms with Gasteiger partial charge in [0.05, 0.1) is 33.3 Å². The minimum Gasteiger partial charge on any atom is -0.327 e. The van der Waals surface area contributed by atoms with Crippen LogP contribution in [0.2, 0.25) is 5.02 Å². The molecule has 42 heavy (non-hydrogen) atoms. The van der Waals surface area contributed by atoms with E-state index in [-0.39, 0.29) is 16.5 Å². The molecule has 2 aromatic carbocycles. The molecule has 2 aromatic heterocycles. The second-order valence-corrected chi connectivity index (χ2v) is 12.1. The lowest BCUT2D eigenvalue weighted by atomic mass is 9.98. The van der Waals surface area contributed by atoms with Gasteiger partial charge in [0, 0.05) is 67.8 Å². The molecule has 2 N–H and O–H groups in total. The molecule has 6 rings (SSSR count). The van der Waals surface area contributed by atoms with Gasteiger partial charge in [-0.3, -0.25) is 9.59 Å². The second kappa shape index (κ2) is 11.3. The van der Waals surface area contributed by atoms with E-state index in [4.69, 9.17) is 11.6 Å². The monoisotopic (exact) mass is 600 g/mol. The molecular formula is C30H29ClN8O2S. The molecule has 4 aromatic rings. The first-order valence-corrected chi connectivity index (χ1v) is 14.8. The molecule has 0 atom stereocenters. The van der Waals surface area contributed by atoms with Crippen LogP contribution in [0.25, 0.3) is 11.1 Å². The molecule has 0 saturated heterocycles. The van der Waals surface area contributed by atoms with Gasteiger partial charge in [0.25, 0.3) is 11.8 Å². The van der Waals surface area contributed by atoms with Crippen LogP contribution in [0.3, 0.4) is 0 Å². The highest BCUT2D eigenvalue weighted by Gasteiger charge is 2.26. The first-order chi connectivity index (χ1) is 20.2. The summed E-state index contributed by atoms with van der Waals surface area (Å²) in [5, 5.41) is 16.6. The van der Waals surface area contributed by atoms with Crippen LogP contribution in [-0.4, -0.2) is 63.3 Å². The summed E-state index contributed by atoms with van der Waals surface area (Å²) in [5.41, 5.74) is 5.01. The molecular weight excluding hydrogens is 572 g/mol. The topological polar surface area (TPSA) is 119 Å². The van der Waals surface area contributed by atoms with Gasteiger partial charge >= 0.3 is 0 Å². The summed E-state index contributed by atoms with van der Waals surface area (Å²) in [7, 11) is 5.92. The number of fused-ring (bicyclic) bond motifs is 2. The molecule has 0 fully saturated rings. The lowest BCUT2D eigenvalue weighted by molar-refractivity contribution is 0.101. The SMILES string of the molecule is CN1CCc2c(nc(C(=O)Nc3cccc(-c4cccc(NC(=O)c5nc6c(s5)CN(C)CC6)c4Cl)c3C#N)n2C)C1. The number of anilines is 2. The Balaban J connectivity index is 1.26. The lowest BCUT2D eigenvalue weighted by Crippen LogP contribution is -2.27. The van der Waals surface area contributed by atoms with Crippen LogP contribution in [0, 0.1) is 11.3 Å². The Hall–Kier alpha value is -4.08. The van der Waals surface area contributed by atoms with Crippen LogP contribution in [0.1, 0.15) is 47.9 Å². The molecule has 0 unspecified atom stereocenters. The number of nitrogens with one attached hydrogen (secondary N) is 2. The summed E-state index contributed by atoms with van der Waals surface area (Å²) in [6.45, 7) is 3.27. The van der Waals surface area contributed by atoms with Crippen molar-refractivity contribution in [2.45, 2.75) is 25.9 Å². The summed E-state index contributed by atoms with van der Waals surface area (Å²) in [5.74, 6) is -0.433. The van der Waals surface area contributed by atoms with E-state index in [1.54, 1.807) is 36.4 Å². The van der Waals surface area contributed by atoms with Crippen molar-refractivity contribution in [2.24, 2.45) is 7.05 Å². The van der Waals surface area contributed by atoms with Crippen molar-refractivity contribution < 1.29 is 9.59 Å². The Kier molecular flexibility index (Phi) is 7.55. The number of nitriles is 1. The summed E-state index contributed by atoms with van der Waals surface area (Å²) in [6, 6.07) is 12.7. The summed E-state index contributed by atoms with van der Waals surface area (Å²) in [4.78, 5) is 41.1. The number of amides is 2. The fourth-order valence-electron chi connectivity index (χ4n) is 5.47. The van der Waals surface area contributed by atoms with Gasteiger partial charge in [-0.1, -0.05) is 35.9 Å². The first-order valence-electron chi connectivity index (χ1n) is 13.6. The highest BCUT2D eigenvalue weighted by atomic mass is 35.5. The summed E-state index contributed by atoms with van der Waals surface area (Å²) >= 11 is 8.21. The molecule has 0 radical (unpaired) electrons. The molecule has 4 heterocycles. The van der Waals surface area contributed by atoms with E-state index in [0.29, 0.717) is 39.9 Å². The Morgan fingerprint density at radius 2 is 1.60 bits per heavy atom. The third-order valence-electron chi connectivity index (χ3n) is 7.73. The third kappa shape index (κ3) is 5.18. The molecule has 0 saturated carbocycles. The van der Waals surface area contributed by atoms with Crippen LogP contribution < -0.4 is 10.6 Å². The molecule has 0 aliphatic carbocycles. The molecule has 0 spiro atoms. The largest absolute Gasteiger partial charge is 0.327 e. The van der Waals surface area contributed by atoms with E-state index in [9.17, 15) is 14.9 Å². The van der Waals surface area contributed by atoms with E-state index < -0.39 is 5.91 Å².